The summed E-state index contributed by atoms with van der Waals surface area (Å²) in [6.45, 7) is 4.25. The molecule has 0 radical (unpaired) electrons. The van der Waals surface area contributed by atoms with E-state index in [1.807, 2.05) is 16.8 Å². The molecule has 90 valence electrons. The van der Waals surface area contributed by atoms with E-state index in [9.17, 15) is 0 Å². The average Bonchev–Trinajstić information content (AvgIpc) is 2.72. The zero-order chi connectivity index (χ0) is 12.4. The van der Waals surface area contributed by atoms with Gasteiger partial charge in [0.1, 0.15) is 0 Å². The molecule has 0 saturated heterocycles. The van der Waals surface area contributed by atoms with Crippen LogP contribution in [0.5, 0.6) is 0 Å². The fraction of sp³-hybridized carbons (Fsp3) is 0.308. The topological polar surface area (TPSA) is 43.8 Å². The molecule has 0 fully saturated rings. The highest BCUT2D eigenvalue weighted by atomic mass is 127. The molecule has 0 aliphatic heterocycles. The lowest BCUT2D eigenvalue weighted by molar-refractivity contribution is 0.796. The minimum Gasteiger partial charge on any atom is -0.397 e. The number of aromatic nitrogens is 2. The van der Waals surface area contributed by atoms with Crippen LogP contribution in [0, 0.1) is 3.57 Å². The van der Waals surface area contributed by atoms with Crippen molar-refractivity contribution >= 4 is 28.3 Å². The van der Waals surface area contributed by atoms with E-state index < -0.39 is 0 Å². The lowest BCUT2D eigenvalue weighted by Gasteiger charge is -2.09. The summed E-state index contributed by atoms with van der Waals surface area (Å²) in [6.07, 6.45) is 1.91. The van der Waals surface area contributed by atoms with Gasteiger partial charge in [0.25, 0.3) is 0 Å². The van der Waals surface area contributed by atoms with Crippen molar-refractivity contribution in [1.82, 2.24) is 9.78 Å². The Morgan fingerprint density at radius 3 is 2.59 bits per heavy atom. The first-order chi connectivity index (χ1) is 8.15. The molecular formula is C13H16IN3. The number of hydrogen-bond acceptors (Lipinski definition) is 2. The molecule has 0 aliphatic rings. The minimum absolute atomic E-state index is 0.775. The van der Waals surface area contributed by atoms with Gasteiger partial charge in [0.2, 0.25) is 0 Å². The highest BCUT2D eigenvalue weighted by molar-refractivity contribution is 14.1. The second-order valence-electron chi connectivity index (χ2n) is 3.95. The molecule has 2 N–H and O–H groups in total. The zero-order valence-corrected chi connectivity index (χ0v) is 12.2. The van der Waals surface area contributed by atoms with Gasteiger partial charge in [-0.3, -0.25) is 0 Å². The van der Waals surface area contributed by atoms with Gasteiger partial charge in [-0.25, -0.2) is 4.68 Å². The van der Waals surface area contributed by atoms with Crippen molar-refractivity contribution in [2.24, 2.45) is 0 Å². The van der Waals surface area contributed by atoms with Crippen molar-refractivity contribution in [1.29, 1.82) is 0 Å². The molecule has 0 spiro atoms. The number of aryl methyl sites for hydroxylation is 2. The van der Waals surface area contributed by atoms with E-state index in [4.69, 9.17) is 5.73 Å². The van der Waals surface area contributed by atoms with E-state index >= 15 is 0 Å². The van der Waals surface area contributed by atoms with Gasteiger partial charge < -0.3 is 5.73 Å². The van der Waals surface area contributed by atoms with E-state index in [-0.39, 0.29) is 0 Å². The van der Waals surface area contributed by atoms with Crippen LogP contribution in [0.3, 0.4) is 0 Å². The van der Waals surface area contributed by atoms with Gasteiger partial charge in [0.15, 0.2) is 0 Å². The third-order valence-corrected chi connectivity index (χ3v) is 3.45. The first-order valence-corrected chi connectivity index (χ1v) is 6.86. The Bertz CT molecular complexity index is 531. The molecule has 1 heterocycles. The Balaban J connectivity index is 2.55. The summed E-state index contributed by atoms with van der Waals surface area (Å²) in [5.74, 6) is 0. The van der Waals surface area contributed by atoms with Gasteiger partial charge >= 0.3 is 0 Å². The van der Waals surface area contributed by atoms with Crippen molar-refractivity contribution in [2.75, 3.05) is 5.73 Å². The molecule has 2 aromatic rings. The predicted molar refractivity (Wildman–Crippen MR) is 79.4 cm³/mol. The Hall–Kier alpha value is -1.04. The molecule has 4 heteroatoms. The molecule has 2 rings (SSSR count). The monoisotopic (exact) mass is 341 g/mol. The third kappa shape index (κ3) is 2.46. The van der Waals surface area contributed by atoms with Crippen molar-refractivity contribution in [3.05, 3.63) is 39.2 Å². The number of halogens is 1. The Morgan fingerprint density at radius 1 is 1.24 bits per heavy atom. The molecule has 0 aliphatic carbocycles. The summed E-state index contributed by atoms with van der Waals surface area (Å²) >= 11 is 2.26. The SMILES string of the molecule is CCc1cc(CC)n(-c2ccc(I)cc2N)n1. The number of hydrogen-bond donors (Lipinski definition) is 1. The highest BCUT2D eigenvalue weighted by Gasteiger charge is 2.09. The second kappa shape index (κ2) is 5.08. The highest BCUT2D eigenvalue weighted by Crippen LogP contribution is 2.22. The van der Waals surface area contributed by atoms with Crippen LogP contribution in [0.4, 0.5) is 5.69 Å². The maximum Gasteiger partial charge on any atom is 0.0878 e. The maximum atomic E-state index is 6.06. The number of rotatable bonds is 3. The van der Waals surface area contributed by atoms with Gasteiger partial charge in [-0.15, -0.1) is 0 Å². The Morgan fingerprint density at radius 2 is 2.00 bits per heavy atom. The summed E-state index contributed by atoms with van der Waals surface area (Å²) in [5.41, 5.74) is 10.1. The van der Waals surface area contributed by atoms with Crippen LogP contribution in [0.15, 0.2) is 24.3 Å². The maximum absolute atomic E-state index is 6.06. The summed E-state index contributed by atoms with van der Waals surface area (Å²) in [4.78, 5) is 0. The second-order valence-corrected chi connectivity index (χ2v) is 5.19. The number of anilines is 1. The first kappa shape index (κ1) is 12.4. The predicted octanol–water partition coefficient (Wildman–Crippen LogP) is 3.18. The molecule has 0 bridgehead atoms. The standard InChI is InChI=1S/C13H16IN3/c1-3-10-8-11(4-2)17(16-10)13-6-5-9(14)7-12(13)15/h5-8H,3-4,15H2,1-2H3. The average molecular weight is 341 g/mol. The van der Waals surface area contributed by atoms with Crippen LogP contribution >= 0.6 is 22.6 Å². The van der Waals surface area contributed by atoms with E-state index in [1.165, 1.54) is 5.69 Å². The zero-order valence-electron chi connectivity index (χ0n) is 10.1. The van der Waals surface area contributed by atoms with Crippen LogP contribution in [0.1, 0.15) is 25.2 Å². The van der Waals surface area contributed by atoms with Crippen LogP contribution in [0.2, 0.25) is 0 Å². The van der Waals surface area contributed by atoms with Gasteiger partial charge in [-0.2, -0.15) is 5.10 Å². The normalized spacial score (nSPS) is 10.8. The number of nitrogens with two attached hydrogens (primary N) is 1. The van der Waals surface area contributed by atoms with E-state index in [0.717, 1.165) is 33.5 Å². The van der Waals surface area contributed by atoms with Crippen LogP contribution in [-0.4, -0.2) is 9.78 Å². The van der Waals surface area contributed by atoms with Gasteiger partial charge in [0, 0.05) is 9.26 Å². The summed E-state index contributed by atoms with van der Waals surface area (Å²) in [6, 6.07) is 8.21. The minimum atomic E-state index is 0.775. The van der Waals surface area contributed by atoms with E-state index in [1.54, 1.807) is 0 Å². The fourth-order valence-electron chi connectivity index (χ4n) is 1.83. The molecule has 0 saturated carbocycles. The van der Waals surface area contributed by atoms with Crippen molar-refractivity contribution in [3.8, 4) is 5.69 Å². The summed E-state index contributed by atoms with van der Waals surface area (Å²) in [5, 5.41) is 4.59. The molecular weight excluding hydrogens is 325 g/mol. The van der Waals surface area contributed by atoms with Crippen molar-refractivity contribution < 1.29 is 0 Å². The number of nitrogens with zero attached hydrogens (tertiary/aromatic N) is 2. The van der Waals surface area contributed by atoms with Crippen molar-refractivity contribution in [2.45, 2.75) is 26.7 Å². The summed E-state index contributed by atoms with van der Waals surface area (Å²) < 4.78 is 3.11. The van der Waals surface area contributed by atoms with Gasteiger partial charge in [0.05, 0.1) is 17.1 Å². The number of benzene rings is 1. The van der Waals surface area contributed by atoms with Crippen molar-refractivity contribution in [3.63, 3.8) is 0 Å². The lowest BCUT2D eigenvalue weighted by Crippen LogP contribution is -2.05. The quantitative estimate of drug-likeness (QED) is 0.688. The van der Waals surface area contributed by atoms with E-state index in [2.05, 4.69) is 53.7 Å². The molecule has 17 heavy (non-hydrogen) atoms. The molecule has 1 aromatic heterocycles. The van der Waals surface area contributed by atoms with Crippen LogP contribution in [0.25, 0.3) is 5.69 Å². The fourth-order valence-corrected chi connectivity index (χ4v) is 2.34. The molecule has 0 amide bonds. The van der Waals surface area contributed by atoms with Crippen LogP contribution < -0.4 is 5.73 Å². The molecule has 0 atom stereocenters. The van der Waals surface area contributed by atoms with E-state index in [0.29, 0.717) is 0 Å². The Kier molecular flexibility index (Phi) is 3.71. The first-order valence-electron chi connectivity index (χ1n) is 5.79. The van der Waals surface area contributed by atoms with Crippen LogP contribution in [-0.2, 0) is 12.8 Å². The molecule has 0 unspecified atom stereocenters. The number of nitrogen functional groups attached to an aromatic ring is 1. The van der Waals surface area contributed by atoms with Gasteiger partial charge in [-0.1, -0.05) is 13.8 Å². The molecule has 3 nitrogen and oxygen atoms in total. The smallest absolute Gasteiger partial charge is 0.0878 e. The lowest BCUT2D eigenvalue weighted by atomic mass is 10.2. The largest absolute Gasteiger partial charge is 0.397 e. The Labute approximate surface area is 115 Å². The molecule has 1 aromatic carbocycles. The summed E-state index contributed by atoms with van der Waals surface area (Å²) in [7, 11) is 0. The van der Waals surface area contributed by atoms with Gasteiger partial charge in [-0.05, 0) is 59.7 Å². The third-order valence-electron chi connectivity index (χ3n) is 2.78.